The first-order chi connectivity index (χ1) is 8.10. The minimum absolute atomic E-state index is 0.0712. The molecule has 0 radical (unpaired) electrons. The van der Waals surface area contributed by atoms with Crippen LogP contribution in [0.5, 0.6) is 0 Å². The topological polar surface area (TPSA) is 68.3 Å². The number of thiazole rings is 1. The van der Waals surface area contributed by atoms with Crippen LogP contribution in [0.2, 0.25) is 0 Å². The maximum atomic E-state index is 11.5. The summed E-state index contributed by atoms with van der Waals surface area (Å²) < 4.78 is 4.75. The number of fused-ring (bicyclic) bond motifs is 1. The van der Waals surface area contributed by atoms with Gasteiger partial charge < -0.3 is 10.1 Å². The summed E-state index contributed by atoms with van der Waals surface area (Å²) in [4.78, 5) is 27.8. The van der Waals surface area contributed by atoms with Gasteiger partial charge in [-0.1, -0.05) is 0 Å². The third-order valence-electron chi connectivity index (χ3n) is 2.76. The molecular weight excluding hydrogens is 240 g/mol. The number of nitrogens with one attached hydrogen (secondary N) is 1. The van der Waals surface area contributed by atoms with Crippen molar-refractivity contribution >= 4 is 28.3 Å². The number of aryl methyl sites for hydroxylation is 1. The van der Waals surface area contributed by atoms with Gasteiger partial charge >= 0.3 is 5.97 Å². The first kappa shape index (κ1) is 12.0. The summed E-state index contributed by atoms with van der Waals surface area (Å²) in [5.41, 5.74) is 0.999. The Morgan fingerprint density at radius 2 is 2.29 bits per heavy atom. The number of carbonyl (C=O) groups is 2. The van der Waals surface area contributed by atoms with Crippen molar-refractivity contribution in [2.75, 3.05) is 12.4 Å². The standard InChI is InChI=1S/C11H14N2O3S/c1-6(14)12-11-13-8-4-3-7(10(15)16-2)5-9(8)17-11/h7H,3-5H2,1-2H3,(H,12,13,14). The molecule has 0 aliphatic heterocycles. The van der Waals surface area contributed by atoms with Gasteiger partial charge in [0.25, 0.3) is 0 Å². The molecule has 1 N–H and O–H groups in total. The third kappa shape index (κ3) is 2.63. The summed E-state index contributed by atoms with van der Waals surface area (Å²) in [6.07, 6.45) is 2.20. The molecule has 0 spiro atoms. The fourth-order valence-electron chi connectivity index (χ4n) is 1.95. The Balaban J connectivity index is 2.12. The second-order valence-corrected chi connectivity index (χ2v) is 5.12. The summed E-state index contributed by atoms with van der Waals surface area (Å²) >= 11 is 1.44. The highest BCUT2D eigenvalue weighted by Crippen LogP contribution is 2.32. The Bertz CT molecular complexity index is 456. The third-order valence-corrected chi connectivity index (χ3v) is 3.79. The number of amides is 1. The van der Waals surface area contributed by atoms with Crippen molar-refractivity contribution in [2.24, 2.45) is 5.92 Å². The average molecular weight is 254 g/mol. The quantitative estimate of drug-likeness (QED) is 0.810. The molecule has 1 heterocycles. The Hall–Kier alpha value is -1.43. The van der Waals surface area contributed by atoms with Crippen molar-refractivity contribution in [3.63, 3.8) is 0 Å². The second kappa shape index (κ2) is 4.83. The zero-order valence-corrected chi connectivity index (χ0v) is 10.6. The molecule has 1 aromatic rings. The Kier molecular flexibility index (Phi) is 3.42. The molecule has 0 saturated heterocycles. The summed E-state index contributed by atoms with van der Waals surface area (Å²) in [5, 5.41) is 3.29. The number of hydrogen-bond donors (Lipinski definition) is 1. The van der Waals surface area contributed by atoms with Gasteiger partial charge in [0.05, 0.1) is 18.7 Å². The SMILES string of the molecule is COC(=O)C1CCc2nc(NC(C)=O)sc2C1. The number of rotatable bonds is 2. The van der Waals surface area contributed by atoms with Crippen molar-refractivity contribution in [3.8, 4) is 0 Å². The number of aromatic nitrogens is 1. The van der Waals surface area contributed by atoms with Crippen LogP contribution in [0.4, 0.5) is 5.13 Å². The van der Waals surface area contributed by atoms with Crippen LogP contribution in [0, 0.1) is 5.92 Å². The predicted octanol–water partition coefficient (Wildman–Crippen LogP) is 1.38. The average Bonchev–Trinajstić information content (AvgIpc) is 2.67. The summed E-state index contributed by atoms with van der Waals surface area (Å²) in [7, 11) is 1.41. The molecule has 1 unspecified atom stereocenters. The molecule has 92 valence electrons. The smallest absolute Gasteiger partial charge is 0.309 e. The molecule has 0 fully saturated rings. The molecule has 5 nitrogen and oxygen atoms in total. The van der Waals surface area contributed by atoms with E-state index in [0.29, 0.717) is 11.6 Å². The van der Waals surface area contributed by atoms with E-state index in [9.17, 15) is 9.59 Å². The molecular formula is C11H14N2O3S. The van der Waals surface area contributed by atoms with Gasteiger partial charge in [0.1, 0.15) is 0 Å². The molecule has 1 aromatic heterocycles. The minimum atomic E-state index is -0.162. The van der Waals surface area contributed by atoms with Gasteiger partial charge in [-0.2, -0.15) is 0 Å². The fourth-order valence-corrected chi connectivity index (χ4v) is 3.08. The van der Waals surface area contributed by atoms with Crippen LogP contribution in [-0.2, 0) is 27.2 Å². The molecule has 6 heteroatoms. The fraction of sp³-hybridized carbons (Fsp3) is 0.545. The van der Waals surface area contributed by atoms with E-state index in [1.165, 1.54) is 25.4 Å². The van der Waals surface area contributed by atoms with Gasteiger partial charge in [-0.15, -0.1) is 11.3 Å². The van der Waals surface area contributed by atoms with Crippen LogP contribution < -0.4 is 5.32 Å². The molecule has 17 heavy (non-hydrogen) atoms. The van der Waals surface area contributed by atoms with Crippen molar-refractivity contribution in [1.29, 1.82) is 0 Å². The minimum Gasteiger partial charge on any atom is -0.469 e. The number of nitrogens with zero attached hydrogens (tertiary/aromatic N) is 1. The normalized spacial score (nSPS) is 18.4. The van der Waals surface area contributed by atoms with E-state index >= 15 is 0 Å². The second-order valence-electron chi connectivity index (χ2n) is 4.03. The molecule has 0 saturated carbocycles. The molecule has 1 aliphatic rings. The lowest BCUT2D eigenvalue weighted by Crippen LogP contribution is -2.22. The van der Waals surface area contributed by atoms with Crippen LogP contribution in [0.1, 0.15) is 23.9 Å². The van der Waals surface area contributed by atoms with E-state index in [-0.39, 0.29) is 17.8 Å². The lowest BCUT2D eigenvalue weighted by molar-refractivity contribution is -0.145. The molecule has 1 aliphatic carbocycles. The summed E-state index contributed by atoms with van der Waals surface area (Å²) in [6.45, 7) is 1.46. The van der Waals surface area contributed by atoms with E-state index in [4.69, 9.17) is 4.74 Å². The van der Waals surface area contributed by atoms with E-state index < -0.39 is 0 Å². The van der Waals surface area contributed by atoms with Crippen LogP contribution in [0.25, 0.3) is 0 Å². The van der Waals surface area contributed by atoms with Crippen LogP contribution in [0.15, 0.2) is 0 Å². The van der Waals surface area contributed by atoms with Crippen LogP contribution in [0.3, 0.4) is 0 Å². The Morgan fingerprint density at radius 3 is 2.94 bits per heavy atom. The van der Waals surface area contributed by atoms with Crippen molar-refractivity contribution in [1.82, 2.24) is 4.98 Å². The zero-order chi connectivity index (χ0) is 12.4. The molecule has 0 aromatic carbocycles. The van der Waals surface area contributed by atoms with Gasteiger partial charge in [0.15, 0.2) is 5.13 Å². The molecule has 2 rings (SSSR count). The number of hydrogen-bond acceptors (Lipinski definition) is 5. The maximum absolute atomic E-state index is 11.5. The number of methoxy groups -OCH3 is 1. The lowest BCUT2D eigenvalue weighted by atomic mass is 9.91. The molecule has 1 atom stereocenters. The van der Waals surface area contributed by atoms with Gasteiger partial charge in [0.2, 0.25) is 5.91 Å². The largest absolute Gasteiger partial charge is 0.469 e. The number of ether oxygens (including phenoxy) is 1. The Labute approximate surface area is 103 Å². The first-order valence-corrected chi connectivity index (χ1v) is 6.25. The van der Waals surface area contributed by atoms with Crippen molar-refractivity contribution in [3.05, 3.63) is 10.6 Å². The first-order valence-electron chi connectivity index (χ1n) is 5.44. The van der Waals surface area contributed by atoms with Gasteiger partial charge in [-0.05, 0) is 19.3 Å². The van der Waals surface area contributed by atoms with E-state index in [2.05, 4.69) is 10.3 Å². The van der Waals surface area contributed by atoms with Gasteiger partial charge in [-0.3, -0.25) is 9.59 Å². The predicted molar refractivity (Wildman–Crippen MR) is 63.9 cm³/mol. The summed E-state index contributed by atoms with van der Waals surface area (Å²) in [5.74, 6) is -0.358. The lowest BCUT2D eigenvalue weighted by Gasteiger charge is -2.18. The van der Waals surface area contributed by atoms with E-state index in [1.807, 2.05) is 0 Å². The maximum Gasteiger partial charge on any atom is 0.309 e. The highest BCUT2D eigenvalue weighted by molar-refractivity contribution is 7.15. The number of esters is 1. The molecule has 0 bridgehead atoms. The summed E-state index contributed by atoms with van der Waals surface area (Å²) in [6, 6.07) is 0. The van der Waals surface area contributed by atoms with Crippen molar-refractivity contribution in [2.45, 2.75) is 26.2 Å². The van der Waals surface area contributed by atoms with Crippen molar-refractivity contribution < 1.29 is 14.3 Å². The van der Waals surface area contributed by atoms with Crippen LogP contribution >= 0.6 is 11.3 Å². The molecule has 1 amide bonds. The van der Waals surface area contributed by atoms with Gasteiger partial charge in [-0.25, -0.2) is 4.98 Å². The number of anilines is 1. The number of carbonyl (C=O) groups excluding carboxylic acids is 2. The van der Waals surface area contributed by atoms with E-state index in [1.54, 1.807) is 0 Å². The van der Waals surface area contributed by atoms with Gasteiger partial charge in [0, 0.05) is 11.8 Å². The Morgan fingerprint density at radius 1 is 1.53 bits per heavy atom. The van der Waals surface area contributed by atoms with E-state index in [0.717, 1.165) is 23.4 Å². The zero-order valence-electron chi connectivity index (χ0n) is 9.78. The highest BCUT2D eigenvalue weighted by atomic mass is 32.1. The van der Waals surface area contributed by atoms with Crippen LogP contribution in [-0.4, -0.2) is 24.0 Å². The monoisotopic (exact) mass is 254 g/mol. The highest BCUT2D eigenvalue weighted by Gasteiger charge is 2.28.